The number of esters is 1. The fourth-order valence-corrected chi connectivity index (χ4v) is 5.05. The molecule has 0 bridgehead atoms. The van der Waals surface area contributed by atoms with Gasteiger partial charge in [0, 0.05) is 19.1 Å². The number of benzene rings is 1. The van der Waals surface area contributed by atoms with Crippen molar-refractivity contribution in [2.75, 3.05) is 33.3 Å². The molecule has 3 rings (SSSR count). The quantitative estimate of drug-likeness (QED) is 0.772. The number of likely N-dealkylation sites (tertiary alicyclic amines) is 1. The summed E-state index contributed by atoms with van der Waals surface area (Å²) in [5.41, 5.74) is 0.351. The minimum Gasteiger partial charge on any atom is -0.465 e. The Morgan fingerprint density at radius 3 is 2.17 bits per heavy atom. The first-order valence-corrected chi connectivity index (χ1v) is 9.89. The van der Waals surface area contributed by atoms with Crippen molar-refractivity contribution in [3.05, 3.63) is 29.8 Å². The van der Waals surface area contributed by atoms with E-state index in [1.807, 2.05) is 0 Å². The molecule has 2 aliphatic rings. The van der Waals surface area contributed by atoms with Gasteiger partial charge in [0.25, 0.3) is 0 Å². The average molecular weight is 352 g/mol. The SMILES string of the molecule is COC(=O)c1ccc(S(=O)(=O)N2CCC(N3CCCC3)CC2)cc1. The Bertz CT molecular complexity index is 673. The summed E-state index contributed by atoms with van der Waals surface area (Å²) in [6, 6.07) is 6.47. The molecule has 1 aromatic rings. The molecule has 132 valence electrons. The number of methoxy groups -OCH3 is 1. The normalized spacial score (nSPS) is 21.0. The molecule has 0 atom stereocenters. The van der Waals surface area contributed by atoms with Gasteiger partial charge in [-0.1, -0.05) is 0 Å². The molecule has 2 fully saturated rings. The largest absolute Gasteiger partial charge is 0.465 e. The van der Waals surface area contributed by atoms with Crippen LogP contribution in [-0.2, 0) is 14.8 Å². The molecule has 0 saturated carbocycles. The van der Waals surface area contributed by atoms with Crippen LogP contribution in [0.4, 0.5) is 0 Å². The predicted molar refractivity (Wildman–Crippen MR) is 90.4 cm³/mol. The Morgan fingerprint density at radius 1 is 1.04 bits per heavy atom. The van der Waals surface area contributed by atoms with Crippen LogP contribution in [0, 0.1) is 0 Å². The summed E-state index contributed by atoms with van der Waals surface area (Å²) < 4.78 is 31.7. The van der Waals surface area contributed by atoms with Gasteiger partial charge < -0.3 is 9.64 Å². The van der Waals surface area contributed by atoms with E-state index in [9.17, 15) is 13.2 Å². The van der Waals surface area contributed by atoms with Gasteiger partial charge in [-0.15, -0.1) is 0 Å². The summed E-state index contributed by atoms with van der Waals surface area (Å²) in [6.45, 7) is 3.41. The van der Waals surface area contributed by atoms with E-state index >= 15 is 0 Å². The molecule has 0 aromatic heterocycles. The number of rotatable bonds is 4. The first kappa shape index (κ1) is 17.4. The smallest absolute Gasteiger partial charge is 0.337 e. The first-order valence-electron chi connectivity index (χ1n) is 8.45. The van der Waals surface area contributed by atoms with Gasteiger partial charge in [0.2, 0.25) is 10.0 Å². The van der Waals surface area contributed by atoms with Gasteiger partial charge in [0.1, 0.15) is 0 Å². The lowest BCUT2D eigenvalue weighted by molar-refractivity contribution is 0.0600. The minimum absolute atomic E-state index is 0.231. The molecule has 2 aliphatic heterocycles. The van der Waals surface area contributed by atoms with Gasteiger partial charge in [0.15, 0.2) is 0 Å². The average Bonchev–Trinajstić information content (AvgIpc) is 3.16. The third kappa shape index (κ3) is 3.48. The van der Waals surface area contributed by atoms with Crippen LogP contribution in [0.2, 0.25) is 0 Å². The van der Waals surface area contributed by atoms with Gasteiger partial charge >= 0.3 is 5.97 Å². The van der Waals surface area contributed by atoms with Crippen LogP contribution in [0.25, 0.3) is 0 Å². The molecule has 7 heteroatoms. The van der Waals surface area contributed by atoms with Crippen molar-refractivity contribution in [2.45, 2.75) is 36.6 Å². The molecule has 1 aromatic carbocycles. The second-order valence-corrected chi connectivity index (χ2v) is 8.33. The molecule has 0 N–H and O–H groups in total. The maximum atomic E-state index is 12.8. The third-order valence-corrected chi connectivity index (χ3v) is 6.91. The molecule has 0 amide bonds. The Labute approximate surface area is 143 Å². The molecule has 6 nitrogen and oxygen atoms in total. The van der Waals surface area contributed by atoms with E-state index in [1.165, 1.54) is 44.2 Å². The van der Waals surface area contributed by atoms with Gasteiger partial charge in [-0.05, 0) is 63.0 Å². The Morgan fingerprint density at radius 2 is 1.62 bits per heavy atom. The van der Waals surface area contributed by atoms with Crippen LogP contribution < -0.4 is 0 Å². The summed E-state index contributed by atoms with van der Waals surface area (Å²) in [6.07, 6.45) is 4.29. The number of hydrogen-bond acceptors (Lipinski definition) is 5. The first-order chi connectivity index (χ1) is 11.5. The maximum absolute atomic E-state index is 12.8. The zero-order chi connectivity index (χ0) is 17.2. The van der Waals surface area contributed by atoms with Crippen molar-refractivity contribution in [3.63, 3.8) is 0 Å². The summed E-state index contributed by atoms with van der Waals surface area (Å²) in [5, 5.41) is 0. The molecule has 2 heterocycles. The van der Waals surface area contributed by atoms with Crippen molar-refractivity contribution in [3.8, 4) is 0 Å². The Kier molecular flexibility index (Phi) is 5.22. The van der Waals surface area contributed by atoms with Gasteiger partial charge in [0.05, 0.1) is 17.6 Å². The zero-order valence-corrected chi connectivity index (χ0v) is 14.8. The third-order valence-electron chi connectivity index (χ3n) is 4.99. The predicted octanol–water partition coefficient (Wildman–Crippen LogP) is 1.72. The van der Waals surface area contributed by atoms with Gasteiger partial charge in [-0.25, -0.2) is 13.2 Å². The highest BCUT2D eigenvalue weighted by Gasteiger charge is 2.32. The molecule has 0 spiro atoms. The van der Waals surface area contributed by atoms with Crippen LogP contribution in [0.3, 0.4) is 0 Å². The number of carbonyl (C=O) groups excluding carboxylic acids is 1. The van der Waals surface area contributed by atoms with Crippen molar-refractivity contribution in [1.29, 1.82) is 0 Å². The van der Waals surface area contributed by atoms with Gasteiger partial charge in [-0.3, -0.25) is 0 Å². The molecule has 2 saturated heterocycles. The van der Waals surface area contributed by atoms with Crippen molar-refractivity contribution in [1.82, 2.24) is 9.21 Å². The lowest BCUT2D eigenvalue weighted by atomic mass is 10.1. The number of piperidine rings is 1. The van der Waals surface area contributed by atoms with Crippen LogP contribution in [0.15, 0.2) is 29.2 Å². The van der Waals surface area contributed by atoms with E-state index in [2.05, 4.69) is 9.64 Å². The molecular weight excluding hydrogens is 328 g/mol. The number of nitrogens with zero attached hydrogens (tertiary/aromatic N) is 2. The number of carbonyl (C=O) groups is 1. The lowest BCUT2D eigenvalue weighted by Crippen LogP contribution is -2.45. The molecule has 24 heavy (non-hydrogen) atoms. The van der Waals surface area contributed by atoms with E-state index < -0.39 is 16.0 Å². The lowest BCUT2D eigenvalue weighted by Gasteiger charge is -2.36. The van der Waals surface area contributed by atoms with Gasteiger partial charge in [-0.2, -0.15) is 4.31 Å². The molecule has 0 unspecified atom stereocenters. The highest BCUT2D eigenvalue weighted by atomic mass is 32.2. The molecule has 0 radical (unpaired) electrons. The fourth-order valence-electron chi connectivity index (χ4n) is 3.58. The highest BCUT2D eigenvalue weighted by molar-refractivity contribution is 7.89. The summed E-state index contributed by atoms with van der Waals surface area (Å²) in [4.78, 5) is 14.2. The second kappa shape index (κ2) is 7.21. The standard InChI is InChI=1S/C17H24N2O4S/c1-23-17(20)14-4-6-16(7-5-14)24(21,22)19-12-8-15(9-13-19)18-10-2-3-11-18/h4-7,15H,2-3,8-13H2,1H3. The van der Waals surface area contributed by atoms with Crippen LogP contribution in [-0.4, -0.2) is 62.9 Å². The Balaban J connectivity index is 1.66. The number of ether oxygens (including phenoxy) is 1. The van der Waals surface area contributed by atoms with Crippen molar-refractivity contribution >= 4 is 16.0 Å². The van der Waals surface area contributed by atoms with E-state index in [4.69, 9.17) is 0 Å². The second-order valence-electron chi connectivity index (χ2n) is 6.39. The number of hydrogen-bond donors (Lipinski definition) is 0. The van der Waals surface area contributed by atoms with E-state index in [1.54, 1.807) is 4.31 Å². The van der Waals surface area contributed by atoms with Crippen LogP contribution >= 0.6 is 0 Å². The minimum atomic E-state index is -3.50. The molecular formula is C17H24N2O4S. The topological polar surface area (TPSA) is 66.9 Å². The van der Waals surface area contributed by atoms with Crippen LogP contribution in [0.1, 0.15) is 36.0 Å². The number of sulfonamides is 1. The highest BCUT2D eigenvalue weighted by Crippen LogP contribution is 2.25. The summed E-state index contributed by atoms with van der Waals surface area (Å²) in [5.74, 6) is -0.467. The zero-order valence-electron chi connectivity index (χ0n) is 14.0. The van der Waals surface area contributed by atoms with Crippen molar-refractivity contribution in [2.24, 2.45) is 0 Å². The summed E-state index contributed by atoms with van der Waals surface area (Å²) in [7, 11) is -2.19. The monoisotopic (exact) mass is 352 g/mol. The van der Waals surface area contributed by atoms with Crippen LogP contribution in [0.5, 0.6) is 0 Å². The van der Waals surface area contributed by atoms with Crippen molar-refractivity contribution < 1.29 is 17.9 Å². The maximum Gasteiger partial charge on any atom is 0.337 e. The van der Waals surface area contributed by atoms with E-state index in [0.29, 0.717) is 24.7 Å². The van der Waals surface area contributed by atoms with E-state index in [0.717, 1.165) is 25.9 Å². The Hall–Kier alpha value is -1.44. The summed E-state index contributed by atoms with van der Waals surface area (Å²) >= 11 is 0. The molecule has 0 aliphatic carbocycles. The fraction of sp³-hybridized carbons (Fsp3) is 0.588. The van der Waals surface area contributed by atoms with E-state index in [-0.39, 0.29) is 4.90 Å².